The molecule has 38 heavy (non-hydrogen) atoms. The third-order valence-corrected chi connectivity index (χ3v) is 4.81. The van der Waals surface area contributed by atoms with E-state index in [0.717, 1.165) is 55.1 Å². The van der Waals surface area contributed by atoms with Crippen LogP contribution in [-0.4, -0.2) is 19.9 Å². The Hall–Kier alpha value is -4.51. The van der Waals surface area contributed by atoms with E-state index in [4.69, 9.17) is 12.3 Å². The van der Waals surface area contributed by atoms with Crippen LogP contribution in [0.15, 0.2) is 61.2 Å². The molecule has 4 aromatic rings. The van der Waals surface area contributed by atoms with E-state index in [1.807, 2.05) is 0 Å². The van der Waals surface area contributed by atoms with Gasteiger partial charge in [0.1, 0.15) is 17.2 Å². The Labute approximate surface area is 209 Å². The highest BCUT2D eigenvalue weighted by atomic mass is 19.4. The summed E-state index contributed by atoms with van der Waals surface area (Å²) in [5.74, 6) is -1.41. The van der Waals surface area contributed by atoms with Crippen molar-refractivity contribution in [3.05, 3.63) is 101 Å². The SMILES string of the molecule is NCc1cc(-c2ccc(C(F)(F)F)nc2)c(F)cn1.[C-]#[N+]c1cc(-c2ccc(C(F)(F)F)nc2)c(F)cn1. The van der Waals surface area contributed by atoms with Gasteiger partial charge in [0.2, 0.25) is 0 Å². The first-order valence-electron chi connectivity index (χ1n) is 10.3. The average Bonchev–Trinajstić information content (AvgIpc) is 2.89. The van der Waals surface area contributed by atoms with Crippen LogP contribution in [0, 0.1) is 18.2 Å². The number of hydrogen-bond acceptors (Lipinski definition) is 5. The molecule has 0 bridgehead atoms. The van der Waals surface area contributed by atoms with Gasteiger partial charge in [-0.15, -0.1) is 4.98 Å². The highest BCUT2D eigenvalue weighted by Gasteiger charge is 2.33. The molecule has 0 aliphatic carbocycles. The molecule has 4 heterocycles. The third kappa shape index (κ3) is 6.83. The number of hydrogen-bond donors (Lipinski definition) is 1. The normalized spacial score (nSPS) is 11.4. The highest BCUT2D eigenvalue weighted by molar-refractivity contribution is 5.66. The molecule has 0 aliphatic heterocycles. The van der Waals surface area contributed by atoms with Crippen molar-refractivity contribution in [1.82, 2.24) is 19.9 Å². The number of rotatable bonds is 3. The largest absolute Gasteiger partial charge is 0.433 e. The molecule has 0 saturated heterocycles. The van der Waals surface area contributed by atoms with Gasteiger partial charge < -0.3 is 10.6 Å². The van der Waals surface area contributed by atoms with Gasteiger partial charge in [-0.05, 0) is 24.3 Å². The van der Waals surface area contributed by atoms with Gasteiger partial charge in [-0.25, -0.2) is 8.78 Å². The zero-order chi connectivity index (χ0) is 28.1. The standard InChI is InChI=1S/C12H5F4N3.C12H9F4N3/c1-17-11-4-8(9(13)6-19-11)7-2-3-10(18-5-7)12(14,15)16;13-10-6-18-8(4-17)3-9(10)7-1-2-11(19-5-7)12(14,15)16/h2-6H;1-3,5-6H,4,17H2. The summed E-state index contributed by atoms with van der Waals surface area (Å²) < 4.78 is 101. The molecule has 4 aromatic heterocycles. The number of halogens is 8. The van der Waals surface area contributed by atoms with Gasteiger partial charge >= 0.3 is 12.4 Å². The van der Waals surface area contributed by atoms with E-state index >= 15 is 0 Å². The molecular formula is C24H14F8N6. The lowest BCUT2D eigenvalue weighted by Crippen LogP contribution is -2.07. The van der Waals surface area contributed by atoms with Crippen molar-refractivity contribution in [2.75, 3.05) is 0 Å². The Kier molecular flexibility index (Phi) is 8.32. The summed E-state index contributed by atoms with van der Waals surface area (Å²) in [6.45, 7) is 6.88. The lowest BCUT2D eigenvalue weighted by Gasteiger charge is -2.08. The van der Waals surface area contributed by atoms with Crippen LogP contribution in [0.1, 0.15) is 17.1 Å². The van der Waals surface area contributed by atoms with Crippen LogP contribution in [0.4, 0.5) is 40.9 Å². The molecule has 0 atom stereocenters. The second-order valence-corrected chi connectivity index (χ2v) is 7.35. The monoisotopic (exact) mass is 538 g/mol. The van der Waals surface area contributed by atoms with Crippen LogP contribution in [0.3, 0.4) is 0 Å². The minimum absolute atomic E-state index is 0.0118. The molecule has 0 radical (unpaired) electrons. The zero-order valence-corrected chi connectivity index (χ0v) is 18.8. The molecule has 0 amide bonds. The van der Waals surface area contributed by atoms with E-state index in [9.17, 15) is 35.1 Å². The van der Waals surface area contributed by atoms with Crippen LogP contribution < -0.4 is 5.73 Å². The summed E-state index contributed by atoms with van der Waals surface area (Å²) in [5, 5.41) is 0. The van der Waals surface area contributed by atoms with Crippen LogP contribution in [0.2, 0.25) is 0 Å². The van der Waals surface area contributed by atoms with Crippen molar-refractivity contribution >= 4 is 5.82 Å². The predicted molar refractivity (Wildman–Crippen MR) is 119 cm³/mol. The van der Waals surface area contributed by atoms with Crippen LogP contribution in [-0.2, 0) is 18.9 Å². The van der Waals surface area contributed by atoms with E-state index in [2.05, 4.69) is 24.8 Å². The Morgan fingerprint density at radius 2 is 1.16 bits per heavy atom. The molecule has 0 aromatic carbocycles. The molecule has 0 spiro atoms. The summed E-state index contributed by atoms with van der Waals surface area (Å²) >= 11 is 0. The molecule has 0 saturated carbocycles. The first-order chi connectivity index (χ1) is 17.8. The molecule has 196 valence electrons. The van der Waals surface area contributed by atoms with Gasteiger partial charge in [0.15, 0.2) is 12.0 Å². The van der Waals surface area contributed by atoms with Crippen molar-refractivity contribution in [3.63, 3.8) is 0 Å². The van der Waals surface area contributed by atoms with Crippen LogP contribution >= 0.6 is 0 Å². The molecule has 0 fully saturated rings. The van der Waals surface area contributed by atoms with Crippen molar-refractivity contribution in [2.45, 2.75) is 18.9 Å². The van der Waals surface area contributed by atoms with Crippen molar-refractivity contribution in [3.8, 4) is 22.3 Å². The van der Waals surface area contributed by atoms with Gasteiger partial charge in [0.25, 0.3) is 5.82 Å². The van der Waals surface area contributed by atoms with Gasteiger partial charge in [-0.1, -0.05) is 18.7 Å². The Morgan fingerprint density at radius 3 is 1.55 bits per heavy atom. The summed E-state index contributed by atoms with van der Waals surface area (Å²) in [4.78, 5) is 16.8. The van der Waals surface area contributed by atoms with Crippen LogP contribution in [0.5, 0.6) is 0 Å². The Morgan fingerprint density at radius 1 is 0.684 bits per heavy atom. The zero-order valence-electron chi connectivity index (χ0n) is 18.8. The fraction of sp³-hybridized carbons (Fsp3) is 0.125. The molecule has 4 rings (SSSR count). The number of aromatic nitrogens is 4. The fourth-order valence-electron chi connectivity index (χ4n) is 2.97. The first-order valence-corrected chi connectivity index (χ1v) is 10.3. The maximum Gasteiger partial charge on any atom is 0.433 e. The number of nitrogens with zero attached hydrogens (tertiary/aromatic N) is 5. The van der Waals surface area contributed by atoms with Crippen molar-refractivity contribution in [2.24, 2.45) is 5.73 Å². The second-order valence-electron chi connectivity index (χ2n) is 7.35. The molecule has 2 N–H and O–H groups in total. The van der Waals surface area contributed by atoms with E-state index in [-0.39, 0.29) is 34.6 Å². The van der Waals surface area contributed by atoms with Crippen LogP contribution in [0.25, 0.3) is 27.1 Å². The van der Waals surface area contributed by atoms with Gasteiger partial charge in [0, 0.05) is 41.2 Å². The quantitative estimate of drug-likeness (QED) is 0.235. The second kappa shape index (κ2) is 11.3. The van der Waals surface area contributed by atoms with E-state index in [1.54, 1.807) is 0 Å². The Balaban J connectivity index is 0.000000211. The molecule has 6 nitrogen and oxygen atoms in total. The minimum Gasteiger partial charge on any atom is -0.361 e. The maximum absolute atomic E-state index is 13.6. The lowest BCUT2D eigenvalue weighted by atomic mass is 10.1. The molecule has 14 heteroatoms. The first kappa shape index (κ1) is 28.1. The number of alkyl halides is 6. The number of nitrogens with two attached hydrogens (primary N) is 1. The Bertz CT molecular complexity index is 1440. The maximum atomic E-state index is 13.6. The average molecular weight is 538 g/mol. The lowest BCUT2D eigenvalue weighted by molar-refractivity contribution is -0.141. The summed E-state index contributed by atoms with van der Waals surface area (Å²) in [6, 6.07) is 6.37. The summed E-state index contributed by atoms with van der Waals surface area (Å²) in [6.07, 6.45) is -5.35. The topological polar surface area (TPSA) is 81.9 Å². The van der Waals surface area contributed by atoms with Crippen molar-refractivity contribution < 1.29 is 35.1 Å². The van der Waals surface area contributed by atoms with E-state index in [0.29, 0.717) is 5.69 Å². The van der Waals surface area contributed by atoms with Gasteiger partial charge in [-0.3, -0.25) is 15.0 Å². The highest BCUT2D eigenvalue weighted by Crippen LogP contribution is 2.31. The molecular weight excluding hydrogens is 524 g/mol. The molecule has 0 unspecified atom stereocenters. The minimum atomic E-state index is -4.54. The summed E-state index contributed by atoms with van der Waals surface area (Å²) in [5.41, 5.74) is 4.24. The smallest absolute Gasteiger partial charge is 0.361 e. The molecule has 0 aliphatic rings. The predicted octanol–water partition coefficient (Wildman–Crippen LogP) is 6.61. The van der Waals surface area contributed by atoms with E-state index < -0.39 is 35.4 Å². The van der Waals surface area contributed by atoms with E-state index in [1.165, 1.54) is 6.07 Å². The fourth-order valence-corrected chi connectivity index (χ4v) is 2.97. The van der Waals surface area contributed by atoms with Crippen molar-refractivity contribution in [1.29, 1.82) is 0 Å². The van der Waals surface area contributed by atoms with Gasteiger partial charge in [0.05, 0.1) is 11.9 Å². The number of pyridine rings is 4. The third-order valence-electron chi connectivity index (χ3n) is 4.81. The summed E-state index contributed by atoms with van der Waals surface area (Å²) in [7, 11) is 0. The van der Waals surface area contributed by atoms with Gasteiger partial charge in [-0.2, -0.15) is 26.3 Å².